The molecule has 0 atom stereocenters. The topological polar surface area (TPSA) is 43.3 Å². The summed E-state index contributed by atoms with van der Waals surface area (Å²) in [5, 5.41) is 4.56. The number of likely N-dealkylation sites (tertiary alicyclic amines) is 1. The first-order valence-corrected chi connectivity index (χ1v) is 13.3. The first-order valence-electron chi connectivity index (χ1n) is 12.2. The van der Waals surface area contributed by atoms with E-state index in [1.54, 1.807) is 26.4 Å². The minimum Gasteiger partial charge on any atom is -0.496 e. The molecular formula is C29H32FIN2O3. The largest absolute Gasteiger partial charge is 0.496 e. The average Bonchev–Trinajstić information content (AvgIpc) is 2.92. The number of rotatable bonds is 10. The molecule has 1 heterocycles. The van der Waals surface area contributed by atoms with Crippen LogP contribution in [0.15, 0.2) is 71.9 Å². The summed E-state index contributed by atoms with van der Waals surface area (Å²) >= 11 is 2.27. The molecule has 0 amide bonds. The molecule has 0 aliphatic carbocycles. The Morgan fingerprint density at radius 2 is 1.67 bits per heavy atom. The zero-order valence-electron chi connectivity index (χ0n) is 20.8. The van der Waals surface area contributed by atoms with Crippen LogP contribution in [0.1, 0.15) is 29.5 Å². The van der Waals surface area contributed by atoms with Crippen LogP contribution in [0.5, 0.6) is 11.5 Å². The fourth-order valence-corrected chi connectivity index (χ4v) is 5.22. The van der Waals surface area contributed by atoms with E-state index in [0.717, 1.165) is 76.4 Å². The minimum absolute atomic E-state index is 0.249. The number of piperidine rings is 1. The quantitative estimate of drug-likeness (QED) is 0.155. The van der Waals surface area contributed by atoms with Gasteiger partial charge in [-0.1, -0.05) is 47.6 Å². The van der Waals surface area contributed by atoms with Crippen molar-refractivity contribution in [3.05, 3.63) is 92.8 Å². The summed E-state index contributed by atoms with van der Waals surface area (Å²) in [5.74, 6) is 1.79. The van der Waals surface area contributed by atoms with Crippen molar-refractivity contribution < 1.29 is 18.7 Å². The van der Waals surface area contributed by atoms with Gasteiger partial charge in [0.1, 0.15) is 23.9 Å². The summed E-state index contributed by atoms with van der Waals surface area (Å²) in [6.45, 7) is 3.28. The Labute approximate surface area is 226 Å². The lowest BCUT2D eigenvalue weighted by Crippen LogP contribution is -2.37. The molecule has 0 unspecified atom stereocenters. The molecule has 190 valence electrons. The van der Waals surface area contributed by atoms with Crippen molar-refractivity contribution in [2.24, 2.45) is 11.1 Å². The van der Waals surface area contributed by atoms with Gasteiger partial charge < -0.3 is 19.2 Å². The summed E-state index contributed by atoms with van der Waals surface area (Å²) in [4.78, 5) is 8.24. The van der Waals surface area contributed by atoms with E-state index < -0.39 is 0 Å². The number of halogens is 2. The third-order valence-electron chi connectivity index (χ3n) is 6.60. The Morgan fingerprint density at radius 1 is 0.972 bits per heavy atom. The van der Waals surface area contributed by atoms with E-state index in [9.17, 15) is 4.39 Å². The maximum atomic E-state index is 13.6. The van der Waals surface area contributed by atoms with Gasteiger partial charge in [-0.2, -0.15) is 0 Å². The number of oxime groups is 1. The van der Waals surface area contributed by atoms with Crippen LogP contribution in [-0.2, 0) is 17.9 Å². The number of benzene rings is 3. The van der Waals surface area contributed by atoms with E-state index in [0.29, 0.717) is 6.61 Å². The Hall–Kier alpha value is -2.65. The lowest BCUT2D eigenvalue weighted by Gasteiger charge is -2.32. The summed E-state index contributed by atoms with van der Waals surface area (Å²) in [7, 11) is 3.41. The van der Waals surface area contributed by atoms with Crippen LogP contribution in [0, 0.1) is 15.3 Å². The maximum Gasteiger partial charge on any atom is 0.142 e. The summed E-state index contributed by atoms with van der Waals surface area (Å²) in [5.41, 5.74) is 4.03. The molecule has 3 aromatic rings. The first-order chi connectivity index (χ1) is 17.6. The van der Waals surface area contributed by atoms with Crippen LogP contribution in [0.4, 0.5) is 4.39 Å². The molecule has 0 saturated carbocycles. The highest BCUT2D eigenvalue weighted by Gasteiger charge is 2.25. The predicted molar refractivity (Wildman–Crippen MR) is 149 cm³/mol. The number of ether oxygens (including phenoxy) is 2. The van der Waals surface area contributed by atoms with Crippen molar-refractivity contribution >= 4 is 28.3 Å². The van der Waals surface area contributed by atoms with Gasteiger partial charge in [-0.3, -0.25) is 0 Å². The van der Waals surface area contributed by atoms with Gasteiger partial charge in [-0.05, 0) is 95.9 Å². The van der Waals surface area contributed by atoms with Gasteiger partial charge in [0, 0.05) is 12.5 Å². The van der Waals surface area contributed by atoms with Gasteiger partial charge in [-0.15, -0.1) is 0 Å². The van der Waals surface area contributed by atoms with Crippen LogP contribution in [0.25, 0.3) is 0 Å². The molecule has 1 aliphatic heterocycles. The van der Waals surface area contributed by atoms with Crippen molar-refractivity contribution in [1.29, 1.82) is 0 Å². The monoisotopic (exact) mass is 602 g/mol. The molecule has 1 aliphatic rings. The summed E-state index contributed by atoms with van der Waals surface area (Å²) in [6.07, 6.45) is 2.83. The van der Waals surface area contributed by atoms with Gasteiger partial charge in [0.05, 0.1) is 23.5 Å². The lowest BCUT2D eigenvalue weighted by molar-refractivity contribution is 0.127. The molecule has 5 nitrogen and oxygen atoms in total. The smallest absolute Gasteiger partial charge is 0.142 e. The Kier molecular flexibility index (Phi) is 9.58. The Balaban J connectivity index is 1.39. The van der Waals surface area contributed by atoms with Crippen LogP contribution < -0.4 is 9.47 Å². The third kappa shape index (κ3) is 6.97. The number of methoxy groups -OCH3 is 2. The van der Waals surface area contributed by atoms with Gasteiger partial charge in [0.25, 0.3) is 0 Å². The second-order valence-electron chi connectivity index (χ2n) is 8.91. The first kappa shape index (κ1) is 26.4. The zero-order chi connectivity index (χ0) is 25.3. The molecular weight excluding hydrogens is 570 g/mol. The normalized spacial score (nSPS) is 15.1. The highest BCUT2D eigenvalue weighted by molar-refractivity contribution is 14.1. The highest BCUT2D eigenvalue weighted by Crippen LogP contribution is 2.31. The van der Waals surface area contributed by atoms with Crippen LogP contribution in [-0.4, -0.2) is 44.5 Å². The second-order valence-corrected chi connectivity index (χ2v) is 10.1. The summed E-state index contributed by atoms with van der Waals surface area (Å²) < 4.78 is 25.7. The van der Waals surface area contributed by atoms with E-state index in [1.807, 2.05) is 36.4 Å². The second kappa shape index (κ2) is 13.1. The van der Waals surface area contributed by atoms with Crippen molar-refractivity contribution in [2.45, 2.75) is 25.9 Å². The number of nitrogens with zero attached hydrogens (tertiary/aromatic N) is 2. The molecule has 7 heteroatoms. The maximum absolute atomic E-state index is 13.6. The van der Waals surface area contributed by atoms with Crippen LogP contribution in [0.3, 0.4) is 0 Å². The van der Waals surface area contributed by atoms with Gasteiger partial charge in [-0.25, -0.2) is 4.39 Å². The van der Waals surface area contributed by atoms with E-state index in [4.69, 9.17) is 14.3 Å². The molecule has 3 aromatic carbocycles. The average molecular weight is 602 g/mol. The molecule has 4 rings (SSSR count). The minimum atomic E-state index is -0.249. The predicted octanol–water partition coefficient (Wildman–Crippen LogP) is 6.32. The third-order valence-corrected chi connectivity index (χ3v) is 7.45. The van der Waals surface area contributed by atoms with E-state index in [2.05, 4.69) is 38.7 Å². The van der Waals surface area contributed by atoms with Gasteiger partial charge in [0.15, 0.2) is 0 Å². The van der Waals surface area contributed by atoms with Crippen molar-refractivity contribution in [3.63, 3.8) is 0 Å². The lowest BCUT2D eigenvalue weighted by atomic mass is 9.88. The Morgan fingerprint density at radius 3 is 2.33 bits per heavy atom. The van der Waals surface area contributed by atoms with Crippen molar-refractivity contribution in [1.82, 2.24) is 4.90 Å². The SMILES string of the molecule is COc1cc(CCN2CCC(/C(=N/OCc3ccccc3)c3ccc(F)cc3)CC2)c(OC)cc1I. The molecule has 0 N–H and O–H groups in total. The summed E-state index contributed by atoms with van der Waals surface area (Å²) in [6, 6.07) is 20.7. The van der Waals surface area contributed by atoms with Gasteiger partial charge in [0.2, 0.25) is 0 Å². The van der Waals surface area contributed by atoms with E-state index >= 15 is 0 Å². The molecule has 0 bridgehead atoms. The molecule has 0 spiro atoms. The number of hydrogen-bond acceptors (Lipinski definition) is 5. The van der Waals surface area contributed by atoms with Gasteiger partial charge >= 0.3 is 0 Å². The standard InChI is InChI=1S/C29H32FIN2O3/c1-34-27-19-26(31)28(35-2)18-24(27)14-17-33-15-12-23(13-16-33)29(22-8-10-25(30)11-9-22)32-36-20-21-6-4-3-5-7-21/h3-11,18-19,23H,12-17,20H2,1-2H3/b32-29+. The highest BCUT2D eigenvalue weighted by atomic mass is 127. The fourth-order valence-electron chi connectivity index (χ4n) is 4.56. The molecule has 36 heavy (non-hydrogen) atoms. The van der Waals surface area contributed by atoms with Crippen molar-refractivity contribution in [3.8, 4) is 11.5 Å². The molecule has 0 radical (unpaired) electrons. The van der Waals surface area contributed by atoms with Crippen molar-refractivity contribution in [2.75, 3.05) is 33.9 Å². The number of hydrogen-bond donors (Lipinski definition) is 0. The molecule has 1 saturated heterocycles. The van der Waals surface area contributed by atoms with Crippen LogP contribution in [0.2, 0.25) is 0 Å². The Bertz CT molecular complexity index is 1150. The molecule has 1 fully saturated rings. The van der Waals surface area contributed by atoms with Crippen LogP contribution >= 0.6 is 22.6 Å². The fraction of sp³-hybridized carbons (Fsp3) is 0.345. The van der Waals surface area contributed by atoms with E-state index in [-0.39, 0.29) is 11.7 Å². The van der Waals surface area contributed by atoms with E-state index in [1.165, 1.54) is 12.1 Å². The molecule has 0 aromatic heterocycles. The zero-order valence-corrected chi connectivity index (χ0v) is 22.9.